The molecule has 12 rings (SSSR count). The summed E-state index contributed by atoms with van der Waals surface area (Å²) in [6.45, 7) is 0.670. The fourth-order valence-electron chi connectivity index (χ4n) is 10.4. The van der Waals surface area contributed by atoms with Crippen molar-refractivity contribution in [2.45, 2.75) is 38.4 Å². The van der Waals surface area contributed by atoms with Gasteiger partial charge in [0.05, 0.1) is 29.4 Å². The van der Waals surface area contributed by atoms with Gasteiger partial charge in [0, 0.05) is 60.5 Å². The maximum absolute atomic E-state index is 14.0. The van der Waals surface area contributed by atoms with E-state index in [2.05, 4.69) is 9.97 Å². The Morgan fingerprint density at radius 3 is 1.22 bits per heavy atom. The smallest absolute Gasteiger partial charge is 0.338 e. The normalized spacial score (nSPS) is 12.6. The first-order chi connectivity index (χ1) is 38.6. The molecule has 0 aliphatic carbocycles. The Kier molecular flexibility index (Phi) is 14.4. The fraction of sp³-hybridized carbons (Fsp3) is 0.108. The van der Waals surface area contributed by atoms with E-state index in [1.54, 1.807) is 70.7 Å². The minimum Gasteiger partial charge on any atom is -0.478 e. The van der Waals surface area contributed by atoms with Crippen LogP contribution < -0.4 is 9.47 Å². The number of aromatic carboxylic acids is 1. The molecule has 0 atom stereocenters. The van der Waals surface area contributed by atoms with Gasteiger partial charge in [0.15, 0.2) is 11.5 Å². The molecule has 0 radical (unpaired) electrons. The minimum absolute atomic E-state index is 0.0337. The van der Waals surface area contributed by atoms with E-state index < -0.39 is 24.1 Å². The molecule has 2 amide bonds. The van der Waals surface area contributed by atoms with E-state index in [1.165, 1.54) is 31.4 Å². The van der Waals surface area contributed by atoms with Crippen LogP contribution in [0.1, 0.15) is 98.1 Å². The van der Waals surface area contributed by atoms with Crippen LogP contribution in [-0.2, 0) is 30.9 Å². The SMILES string of the molecule is COC(=O)c1c2c(c(OC(c3ccccc3)c3ccccc3)c3ncccc13)C(=O)N(Cc1ccc(F)cc1)C2.O=C(O)c1c2c(c(OC(c3ccccc3)c3ccccc3)c3ncccc13)C(=O)N(Cc1ccc(F)cc1)C2. The number of amides is 2. The summed E-state index contributed by atoms with van der Waals surface area (Å²) in [5.41, 5.74) is 7.44. The molecular weight excluding hydrogens is 1000 g/mol. The van der Waals surface area contributed by atoms with Crippen molar-refractivity contribution in [3.05, 3.63) is 285 Å². The molecule has 0 unspecified atom stereocenters. The fourth-order valence-corrected chi connectivity index (χ4v) is 10.4. The molecule has 0 spiro atoms. The highest BCUT2D eigenvalue weighted by atomic mass is 19.1. The Morgan fingerprint density at radius 1 is 0.506 bits per heavy atom. The summed E-state index contributed by atoms with van der Waals surface area (Å²) >= 11 is 0. The van der Waals surface area contributed by atoms with Crippen molar-refractivity contribution in [3.63, 3.8) is 0 Å². The van der Waals surface area contributed by atoms with Crippen molar-refractivity contribution in [1.29, 1.82) is 0 Å². The number of hydrogen-bond acceptors (Lipinski definition) is 9. The Labute approximate surface area is 452 Å². The van der Waals surface area contributed by atoms with Gasteiger partial charge in [-0.3, -0.25) is 19.6 Å². The Balaban J connectivity index is 0.000000167. The third-order valence-electron chi connectivity index (χ3n) is 14.0. The molecule has 14 heteroatoms. The molecule has 0 bridgehead atoms. The molecule has 2 aliphatic rings. The van der Waals surface area contributed by atoms with Crippen LogP contribution in [0.25, 0.3) is 21.8 Å². The number of halogens is 2. The summed E-state index contributed by atoms with van der Waals surface area (Å²) in [6.07, 6.45) is 2.05. The van der Waals surface area contributed by atoms with Crippen molar-refractivity contribution < 1.29 is 47.3 Å². The molecule has 2 aromatic heterocycles. The number of fused-ring (bicyclic) bond motifs is 4. The van der Waals surface area contributed by atoms with E-state index in [4.69, 9.17) is 14.2 Å². The lowest BCUT2D eigenvalue weighted by Crippen LogP contribution is -2.23. The third kappa shape index (κ3) is 10.2. The molecule has 1 N–H and O–H groups in total. The number of hydrogen-bond donors (Lipinski definition) is 1. The number of methoxy groups -OCH3 is 1. The molecular formula is C65H48F2N4O8. The van der Waals surface area contributed by atoms with Crippen LogP contribution >= 0.6 is 0 Å². The zero-order valence-corrected chi connectivity index (χ0v) is 42.5. The average Bonchev–Trinajstić information content (AvgIpc) is 4.20. The van der Waals surface area contributed by atoms with E-state index in [1.807, 2.05) is 121 Å². The lowest BCUT2D eigenvalue weighted by Gasteiger charge is -2.23. The van der Waals surface area contributed by atoms with Crippen LogP contribution in [0.3, 0.4) is 0 Å². The highest BCUT2D eigenvalue weighted by Crippen LogP contribution is 2.45. The zero-order chi connectivity index (χ0) is 54.6. The van der Waals surface area contributed by atoms with Crippen molar-refractivity contribution >= 4 is 45.6 Å². The molecule has 12 nitrogen and oxygen atoms in total. The van der Waals surface area contributed by atoms with Crippen LogP contribution in [-0.4, -0.2) is 55.7 Å². The van der Waals surface area contributed by atoms with E-state index in [-0.39, 0.29) is 72.1 Å². The maximum atomic E-state index is 14.0. The van der Waals surface area contributed by atoms with Gasteiger partial charge in [-0.05, 0) is 69.8 Å². The maximum Gasteiger partial charge on any atom is 0.338 e. The topological polar surface area (TPSA) is 148 Å². The highest BCUT2D eigenvalue weighted by molar-refractivity contribution is 6.15. The monoisotopic (exact) mass is 1050 g/mol. The second-order valence-electron chi connectivity index (χ2n) is 18.9. The van der Waals surface area contributed by atoms with E-state index in [0.29, 0.717) is 44.2 Å². The molecule has 8 aromatic carbocycles. The number of carboxylic acid groups (broad SMARTS) is 1. The number of nitrogens with zero attached hydrogens (tertiary/aromatic N) is 4. The van der Waals surface area contributed by atoms with E-state index >= 15 is 0 Å². The van der Waals surface area contributed by atoms with Crippen molar-refractivity contribution in [1.82, 2.24) is 19.8 Å². The molecule has 2 aliphatic heterocycles. The number of pyridine rings is 2. The predicted octanol–water partition coefficient (Wildman–Crippen LogP) is 12.9. The van der Waals surface area contributed by atoms with E-state index in [9.17, 15) is 33.1 Å². The van der Waals surface area contributed by atoms with Crippen LogP contribution in [0.15, 0.2) is 207 Å². The first kappa shape index (κ1) is 51.0. The first-order valence-corrected chi connectivity index (χ1v) is 25.4. The number of benzene rings is 8. The minimum atomic E-state index is -1.14. The average molecular weight is 1050 g/mol. The van der Waals surface area contributed by atoms with Gasteiger partial charge in [0.1, 0.15) is 34.9 Å². The molecule has 0 saturated heterocycles. The first-order valence-electron chi connectivity index (χ1n) is 25.4. The van der Waals surface area contributed by atoms with Gasteiger partial charge < -0.3 is 29.1 Å². The number of carboxylic acids is 1. The molecule has 10 aromatic rings. The quantitative estimate of drug-likeness (QED) is 0.104. The van der Waals surface area contributed by atoms with Crippen LogP contribution in [0.2, 0.25) is 0 Å². The Morgan fingerprint density at radius 2 is 0.861 bits per heavy atom. The standard InChI is InChI=1S/C33H25FN2O4.C32H23FN2O4/c1-39-33(38)27-25-13-8-18-35-29(25)31(40-30(22-9-4-2-5-10-22)23-11-6-3-7-12-23)28-26(27)20-36(32(28)37)19-21-14-16-24(34)17-15-21;33-23-15-13-20(14-16-23)18-35-19-25-26(32(37)38)24-12-7-17-34-28(24)30(27(25)31(35)36)39-29(21-8-3-1-4-9-21)22-10-5-2-6-11-22/h2-18,30H,19-20H2,1H3;1-17,29H,18-19H2,(H,37,38). The van der Waals surface area contributed by atoms with Crippen molar-refractivity contribution in [3.8, 4) is 11.5 Å². The van der Waals surface area contributed by atoms with Gasteiger partial charge in [-0.25, -0.2) is 18.4 Å². The molecule has 79 heavy (non-hydrogen) atoms. The number of esters is 1. The Hall–Kier alpha value is -10.1. The number of ether oxygens (including phenoxy) is 3. The number of carbonyl (C=O) groups excluding carboxylic acids is 3. The summed E-state index contributed by atoms with van der Waals surface area (Å²) in [6, 6.07) is 57.6. The second kappa shape index (κ2) is 22.3. The number of carbonyl (C=O) groups is 4. The predicted molar refractivity (Wildman–Crippen MR) is 292 cm³/mol. The summed E-state index contributed by atoms with van der Waals surface area (Å²) < 4.78 is 45.7. The van der Waals surface area contributed by atoms with Crippen LogP contribution in [0, 0.1) is 11.6 Å². The molecule has 4 heterocycles. The summed E-state index contributed by atoms with van der Waals surface area (Å²) in [5, 5.41) is 11.2. The van der Waals surface area contributed by atoms with Gasteiger partial charge in [-0.1, -0.05) is 158 Å². The second-order valence-corrected chi connectivity index (χ2v) is 18.9. The van der Waals surface area contributed by atoms with Gasteiger partial charge in [-0.2, -0.15) is 0 Å². The summed E-state index contributed by atoms with van der Waals surface area (Å²) in [5.74, 6) is -2.53. The molecule has 0 fully saturated rings. The van der Waals surface area contributed by atoms with Gasteiger partial charge >= 0.3 is 11.9 Å². The number of rotatable bonds is 14. The highest BCUT2D eigenvalue weighted by Gasteiger charge is 2.40. The van der Waals surface area contributed by atoms with Crippen molar-refractivity contribution in [2.24, 2.45) is 0 Å². The lowest BCUT2D eigenvalue weighted by atomic mass is 9.96. The van der Waals surface area contributed by atoms with Gasteiger partial charge in [0.25, 0.3) is 11.8 Å². The summed E-state index contributed by atoms with van der Waals surface area (Å²) in [4.78, 5) is 65.8. The number of aromatic nitrogens is 2. The third-order valence-corrected chi connectivity index (χ3v) is 14.0. The molecule has 0 saturated carbocycles. The van der Waals surface area contributed by atoms with Gasteiger partial charge in [0.2, 0.25) is 0 Å². The van der Waals surface area contributed by atoms with Crippen LogP contribution in [0.5, 0.6) is 11.5 Å². The lowest BCUT2D eigenvalue weighted by molar-refractivity contribution is 0.0598. The van der Waals surface area contributed by atoms with Gasteiger partial charge in [-0.15, -0.1) is 0 Å². The Bertz CT molecular complexity index is 3830. The largest absolute Gasteiger partial charge is 0.478 e. The van der Waals surface area contributed by atoms with E-state index in [0.717, 1.165) is 33.4 Å². The zero-order valence-electron chi connectivity index (χ0n) is 42.5. The van der Waals surface area contributed by atoms with Crippen molar-refractivity contribution in [2.75, 3.05) is 7.11 Å². The van der Waals surface area contributed by atoms with Crippen LogP contribution in [0.4, 0.5) is 8.78 Å². The summed E-state index contributed by atoms with van der Waals surface area (Å²) in [7, 11) is 1.31. The molecule has 390 valence electrons.